The van der Waals surface area contributed by atoms with Crippen LogP contribution in [-0.4, -0.2) is 6.54 Å². The molecule has 1 atom stereocenters. The lowest BCUT2D eigenvalue weighted by atomic mass is 9.97. The van der Waals surface area contributed by atoms with Crippen molar-refractivity contribution >= 4 is 11.6 Å². The molecule has 2 aromatic carbocycles. The van der Waals surface area contributed by atoms with E-state index in [4.69, 9.17) is 11.6 Å². The summed E-state index contributed by atoms with van der Waals surface area (Å²) in [6.45, 7) is 4.60. The minimum absolute atomic E-state index is 0.0923. The first-order valence-electron chi connectivity index (χ1n) is 6.97. The van der Waals surface area contributed by atoms with E-state index in [0.717, 1.165) is 24.1 Å². The van der Waals surface area contributed by atoms with Crippen molar-refractivity contribution in [2.24, 2.45) is 0 Å². The molecule has 0 aromatic heterocycles. The summed E-state index contributed by atoms with van der Waals surface area (Å²) in [5.41, 5.74) is 2.38. The monoisotopic (exact) mass is 309 g/mol. The van der Waals surface area contributed by atoms with Crippen molar-refractivity contribution < 1.29 is 8.78 Å². The third-order valence-electron chi connectivity index (χ3n) is 3.39. The molecule has 0 heterocycles. The molecule has 0 radical (unpaired) electrons. The third-order valence-corrected chi connectivity index (χ3v) is 3.68. The second-order valence-electron chi connectivity index (χ2n) is 5.07. The molecule has 112 valence electrons. The summed E-state index contributed by atoms with van der Waals surface area (Å²) < 4.78 is 26.8. The van der Waals surface area contributed by atoms with Crippen molar-refractivity contribution in [3.63, 3.8) is 0 Å². The number of aryl methyl sites for hydroxylation is 1. The summed E-state index contributed by atoms with van der Waals surface area (Å²) in [5, 5.41) is 3.48. The highest BCUT2D eigenvalue weighted by Gasteiger charge is 2.16. The molecule has 0 saturated heterocycles. The Balaban J connectivity index is 2.41. The highest BCUT2D eigenvalue weighted by atomic mass is 35.5. The molecule has 0 spiro atoms. The molecule has 2 aromatic rings. The van der Waals surface area contributed by atoms with E-state index < -0.39 is 5.82 Å². The van der Waals surface area contributed by atoms with Gasteiger partial charge in [-0.15, -0.1) is 0 Å². The van der Waals surface area contributed by atoms with E-state index in [9.17, 15) is 8.78 Å². The van der Waals surface area contributed by atoms with Gasteiger partial charge in [0.15, 0.2) is 0 Å². The maximum absolute atomic E-state index is 13.4. The maximum atomic E-state index is 13.4. The van der Waals surface area contributed by atoms with E-state index >= 15 is 0 Å². The van der Waals surface area contributed by atoms with Crippen LogP contribution in [0.3, 0.4) is 0 Å². The van der Waals surface area contributed by atoms with Crippen LogP contribution in [0.2, 0.25) is 5.02 Å². The Hall–Kier alpha value is -1.45. The van der Waals surface area contributed by atoms with Crippen molar-refractivity contribution in [1.29, 1.82) is 0 Å². The summed E-state index contributed by atoms with van der Waals surface area (Å²) in [4.78, 5) is 0. The second-order valence-corrected chi connectivity index (χ2v) is 5.48. The first-order valence-corrected chi connectivity index (χ1v) is 7.35. The zero-order valence-electron chi connectivity index (χ0n) is 12.1. The highest BCUT2D eigenvalue weighted by Crippen LogP contribution is 2.27. The number of benzene rings is 2. The van der Waals surface area contributed by atoms with Gasteiger partial charge < -0.3 is 5.32 Å². The maximum Gasteiger partial charge on any atom is 0.141 e. The summed E-state index contributed by atoms with van der Waals surface area (Å²) in [7, 11) is 0. The van der Waals surface area contributed by atoms with Gasteiger partial charge in [0, 0.05) is 0 Å². The molecule has 1 unspecified atom stereocenters. The highest BCUT2D eigenvalue weighted by molar-refractivity contribution is 6.30. The quantitative estimate of drug-likeness (QED) is 0.818. The van der Waals surface area contributed by atoms with Crippen LogP contribution in [0, 0.1) is 18.6 Å². The molecule has 0 aliphatic heterocycles. The zero-order chi connectivity index (χ0) is 15.4. The molecular formula is C17H18ClF2N. The minimum atomic E-state index is -0.440. The van der Waals surface area contributed by atoms with E-state index in [1.807, 2.05) is 0 Å². The smallest absolute Gasteiger partial charge is 0.141 e. The first-order chi connectivity index (χ1) is 10.0. The molecule has 21 heavy (non-hydrogen) atoms. The van der Waals surface area contributed by atoms with Crippen LogP contribution >= 0.6 is 11.6 Å². The van der Waals surface area contributed by atoms with Crippen LogP contribution in [0.5, 0.6) is 0 Å². The predicted molar refractivity (Wildman–Crippen MR) is 82.7 cm³/mol. The van der Waals surface area contributed by atoms with Gasteiger partial charge in [-0.2, -0.15) is 0 Å². The van der Waals surface area contributed by atoms with Crippen LogP contribution in [0.15, 0.2) is 36.4 Å². The number of hydrogen-bond donors (Lipinski definition) is 1. The zero-order valence-corrected chi connectivity index (χ0v) is 12.8. The van der Waals surface area contributed by atoms with Gasteiger partial charge in [0.2, 0.25) is 0 Å². The Bertz CT molecular complexity index is 577. The molecule has 2 rings (SSSR count). The van der Waals surface area contributed by atoms with Gasteiger partial charge in [0.25, 0.3) is 0 Å². The van der Waals surface area contributed by atoms with E-state index in [1.54, 1.807) is 31.2 Å². The average Bonchev–Trinajstić information content (AvgIpc) is 2.46. The van der Waals surface area contributed by atoms with E-state index in [-0.39, 0.29) is 16.9 Å². The lowest BCUT2D eigenvalue weighted by molar-refractivity contribution is 0.586. The molecule has 1 N–H and O–H groups in total. The first kappa shape index (κ1) is 15.9. The Morgan fingerprint density at radius 2 is 1.67 bits per heavy atom. The molecule has 0 amide bonds. The molecule has 0 bridgehead atoms. The third kappa shape index (κ3) is 3.80. The minimum Gasteiger partial charge on any atom is -0.306 e. The summed E-state index contributed by atoms with van der Waals surface area (Å²) in [5.74, 6) is -0.671. The number of nitrogens with one attached hydrogen (secondary N) is 1. The molecule has 4 heteroatoms. The Kier molecular flexibility index (Phi) is 5.32. The molecule has 1 nitrogen and oxygen atoms in total. The van der Waals surface area contributed by atoms with Crippen LogP contribution in [-0.2, 0) is 0 Å². The van der Waals surface area contributed by atoms with Crippen LogP contribution in [0.1, 0.15) is 36.1 Å². The van der Waals surface area contributed by atoms with Gasteiger partial charge in [-0.3, -0.25) is 0 Å². The fourth-order valence-electron chi connectivity index (χ4n) is 2.26. The summed E-state index contributed by atoms with van der Waals surface area (Å²) >= 11 is 5.87. The number of halogens is 3. The summed E-state index contributed by atoms with van der Waals surface area (Å²) in [6.07, 6.45) is 0.964. The van der Waals surface area contributed by atoms with Crippen molar-refractivity contribution in [1.82, 2.24) is 5.32 Å². The fourth-order valence-corrected chi connectivity index (χ4v) is 2.45. The van der Waals surface area contributed by atoms with Gasteiger partial charge in [-0.1, -0.05) is 36.7 Å². The number of rotatable bonds is 5. The average molecular weight is 310 g/mol. The Morgan fingerprint density at radius 1 is 1.05 bits per heavy atom. The van der Waals surface area contributed by atoms with Gasteiger partial charge >= 0.3 is 0 Å². The van der Waals surface area contributed by atoms with Gasteiger partial charge in [-0.05, 0) is 54.8 Å². The van der Waals surface area contributed by atoms with Crippen LogP contribution in [0.4, 0.5) is 8.78 Å². The SMILES string of the molecule is CCCNC(c1ccc(F)c(C)c1)c1ccc(F)c(Cl)c1. The fraction of sp³-hybridized carbons (Fsp3) is 0.294. The largest absolute Gasteiger partial charge is 0.306 e. The molecule has 0 aliphatic rings. The second kappa shape index (κ2) is 7.01. The normalized spacial score (nSPS) is 12.4. The summed E-state index contributed by atoms with van der Waals surface area (Å²) in [6, 6.07) is 9.54. The standard InChI is InChI=1S/C17H18ClF2N/c1-3-8-21-17(12-4-6-15(19)11(2)9-12)13-5-7-16(20)14(18)10-13/h4-7,9-10,17,21H,3,8H2,1-2H3. The van der Waals surface area contributed by atoms with Crippen LogP contribution in [0.25, 0.3) is 0 Å². The van der Waals surface area contributed by atoms with Crippen molar-refractivity contribution in [3.8, 4) is 0 Å². The van der Waals surface area contributed by atoms with Gasteiger partial charge in [0.05, 0.1) is 11.1 Å². The lowest BCUT2D eigenvalue weighted by Gasteiger charge is -2.20. The topological polar surface area (TPSA) is 12.0 Å². The van der Waals surface area contributed by atoms with Crippen molar-refractivity contribution in [2.75, 3.05) is 6.54 Å². The van der Waals surface area contributed by atoms with E-state index in [2.05, 4.69) is 12.2 Å². The lowest BCUT2D eigenvalue weighted by Crippen LogP contribution is -2.23. The van der Waals surface area contributed by atoms with Gasteiger partial charge in [-0.25, -0.2) is 8.78 Å². The van der Waals surface area contributed by atoms with Crippen molar-refractivity contribution in [3.05, 3.63) is 69.7 Å². The molecule has 0 fully saturated rings. The van der Waals surface area contributed by atoms with E-state index in [0.29, 0.717) is 5.56 Å². The predicted octanol–water partition coefficient (Wildman–Crippen LogP) is 5.02. The number of hydrogen-bond acceptors (Lipinski definition) is 1. The molecular weight excluding hydrogens is 292 g/mol. The van der Waals surface area contributed by atoms with Crippen molar-refractivity contribution in [2.45, 2.75) is 26.3 Å². The molecule has 0 saturated carbocycles. The molecule has 0 aliphatic carbocycles. The Morgan fingerprint density at radius 3 is 2.24 bits per heavy atom. The Labute approximate surface area is 128 Å². The van der Waals surface area contributed by atoms with Gasteiger partial charge in [0.1, 0.15) is 11.6 Å². The van der Waals surface area contributed by atoms with E-state index in [1.165, 1.54) is 12.1 Å². The van der Waals surface area contributed by atoms with Crippen LogP contribution < -0.4 is 5.32 Å².